The van der Waals surface area contributed by atoms with E-state index in [2.05, 4.69) is 3.97 Å². The van der Waals surface area contributed by atoms with Crippen LogP contribution in [0.1, 0.15) is 13.3 Å². The van der Waals surface area contributed by atoms with Gasteiger partial charge in [0.15, 0.2) is 0 Å². The third-order valence-corrected chi connectivity index (χ3v) is 3.19. The lowest BCUT2D eigenvalue weighted by atomic mass is 10.6. The van der Waals surface area contributed by atoms with Crippen LogP contribution in [0, 0.1) is 0 Å². The van der Waals surface area contributed by atoms with Gasteiger partial charge in [0.05, 0.1) is 0 Å². The van der Waals surface area contributed by atoms with Crippen LogP contribution in [0.2, 0.25) is 0 Å². The minimum atomic E-state index is -2.42. The predicted molar refractivity (Wildman–Crippen MR) is 41.3 cm³/mol. The van der Waals surface area contributed by atoms with Crippen molar-refractivity contribution in [3.63, 3.8) is 0 Å². The maximum Gasteiger partial charge on any atom is 0.708 e. The molecular formula is C3H8O3PS2+. The Bertz CT molecular complexity index is 89.1. The van der Waals surface area contributed by atoms with Crippen molar-refractivity contribution in [3.8, 4) is 0 Å². The fourth-order valence-corrected chi connectivity index (χ4v) is 2.34. The topological polar surface area (TPSA) is 46.5 Å². The molecule has 0 aromatic rings. The van der Waals surface area contributed by atoms with E-state index in [0.29, 0.717) is 0 Å². The minimum absolute atomic E-state index is 0.938. The van der Waals surface area contributed by atoms with Gasteiger partial charge in [-0.1, -0.05) is 17.7 Å². The van der Waals surface area contributed by atoms with Gasteiger partial charge >= 0.3 is 8.25 Å². The van der Waals surface area contributed by atoms with Gasteiger partial charge in [-0.05, 0) is 10.4 Å². The first-order valence-electron chi connectivity index (χ1n) is 2.39. The standard InChI is InChI=1S/C3H7O3PS2/c1-2-3-8-9-6-7(4)5/h2-3H2,1H3/p+1. The van der Waals surface area contributed by atoms with Crippen LogP contribution in [0.25, 0.3) is 0 Å². The predicted octanol–water partition coefficient (Wildman–Crippen LogP) is 2.36. The lowest BCUT2D eigenvalue weighted by molar-refractivity contribution is 0.434. The summed E-state index contributed by atoms with van der Waals surface area (Å²) < 4.78 is 14.1. The lowest BCUT2D eigenvalue weighted by Crippen LogP contribution is -1.66. The molecule has 0 aliphatic rings. The van der Waals surface area contributed by atoms with Gasteiger partial charge in [0.2, 0.25) is 0 Å². The quantitative estimate of drug-likeness (QED) is 0.310. The van der Waals surface area contributed by atoms with E-state index in [1.54, 1.807) is 0 Å². The number of hydrogen-bond donors (Lipinski definition) is 1. The molecule has 0 aromatic heterocycles. The van der Waals surface area contributed by atoms with Crippen molar-refractivity contribution in [3.05, 3.63) is 0 Å². The summed E-state index contributed by atoms with van der Waals surface area (Å²) in [5.41, 5.74) is 0. The van der Waals surface area contributed by atoms with Crippen LogP contribution in [0.4, 0.5) is 0 Å². The molecule has 0 saturated heterocycles. The van der Waals surface area contributed by atoms with Crippen molar-refractivity contribution in [1.29, 1.82) is 0 Å². The highest BCUT2D eigenvalue weighted by Gasteiger charge is 2.11. The Morgan fingerprint density at radius 2 is 2.44 bits per heavy atom. The summed E-state index contributed by atoms with van der Waals surface area (Å²) in [5, 5.41) is 0. The Balaban J connectivity index is 2.83. The molecule has 3 nitrogen and oxygen atoms in total. The Morgan fingerprint density at radius 1 is 1.78 bits per heavy atom. The van der Waals surface area contributed by atoms with Crippen molar-refractivity contribution in [2.24, 2.45) is 0 Å². The lowest BCUT2D eigenvalue weighted by Gasteiger charge is -1.85. The molecule has 0 spiro atoms. The van der Waals surface area contributed by atoms with Gasteiger partial charge in [0.25, 0.3) is 0 Å². The molecule has 0 bridgehead atoms. The van der Waals surface area contributed by atoms with E-state index < -0.39 is 8.25 Å². The highest BCUT2D eigenvalue weighted by molar-refractivity contribution is 8.75. The molecule has 1 atom stereocenters. The third kappa shape index (κ3) is 8.72. The van der Waals surface area contributed by atoms with Crippen LogP contribution in [0.15, 0.2) is 0 Å². The Kier molecular flexibility index (Phi) is 7.38. The smallest absolute Gasteiger partial charge is 0.133 e. The maximum atomic E-state index is 9.85. The molecule has 9 heavy (non-hydrogen) atoms. The third-order valence-electron chi connectivity index (χ3n) is 0.430. The molecule has 0 fully saturated rings. The molecule has 0 radical (unpaired) electrons. The minimum Gasteiger partial charge on any atom is -0.133 e. The number of hydrogen-bond acceptors (Lipinski definition) is 4. The van der Waals surface area contributed by atoms with Gasteiger partial charge in [-0.2, -0.15) is 0 Å². The first-order valence-corrected chi connectivity index (χ1v) is 5.77. The van der Waals surface area contributed by atoms with Crippen molar-refractivity contribution in [2.45, 2.75) is 13.3 Å². The Labute approximate surface area is 63.1 Å². The van der Waals surface area contributed by atoms with Gasteiger partial charge in [-0.15, -0.1) is 4.89 Å². The fraction of sp³-hybridized carbons (Fsp3) is 1.00. The monoisotopic (exact) mass is 187 g/mol. The maximum absolute atomic E-state index is 9.85. The summed E-state index contributed by atoms with van der Waals surface area (Å²) in [6.45, 7) is 2.03. The van der Waals surface area contributed by atoms with Crippen LogP contribution in [0.5, 0.6) is 0 Å². The summed E-state index contributed by atoms with van der Waals surface area (Å²) in [5.74, 6) is 0.938. The molecule has 0 aliphatic carbocycles. The van der Waals surface area contributed by atoms with Crippen LogP contribution >= 0.6 is 30.1 Å². The molecule has 1 unspecified atom stereocenters. The van der Waals surface area contributed by atoms with E-state index in [-0.39, 0.29) is 0 Å². The van der Waals surface area contributed by atoms with E-state index in [4.69, 9.17) is 4.89 Å². The zero-order chi connectivity index (χ0) is 7.11. The zero-order valence-electron chi connectivity index (χ0n) is 4.94. The molecule has 0 aromatic carbocycles. The van der Waals surface area contributed by atoms with Crippen molar-refractivity contribution < 1.29 is 13.4 Å². The van der Waals surface area contributed by atoms with E-state index in [9.17, 15) is 4.57 Å². The largest absolute Gasteiger partial charge is 0.708 e. The second kappa shape index (κ2) is 6.83. The molecule has 6 heteroatoms. The molecule has 0 aliphatic heterocycles. The van der Waals surface area contributed by atoms with E-state index in [1.807, 2.05) is 6.92 Å². The summed E-state index contributed by atoms with van der Waals surface area (Å²) in [7, 11) is -0.993. The molecule has 0 heterocycles. The summed E-state index contributed by atoms with van der Waals surface area (Å²) in [6.07, 6.45) is 1.04. The van der Waals surface area contributed by atoms with Crippen molar-refractivity contribution >= 4 is 30.1 Å². The summed E-state index contributed by atoms with van der Waals surface area (Å²) in [4.78, 5) is 8.10. The van der Waals surface area contributed by atoms with Gasteiger partial charge in [-0.3, -0.25) is 0 Å². The van der Waals surface area contributed by atoms with E-state index in [1.165, 1.54) is 10.8 Å². The van der Waals surface area contributed by atoms with Crippen LogP contribution < -0.4 is 0 Å². The number of rotatable bonds is 5. The molecule has 0 amide bonds. The van der Waals surface area contributed by atoms with Crippen molar-refractivity contribution in [1.82, 2.24) is 0 Å². The van der Waals surface area contributed by atoms with Gasteiger partial charge < -0.3 is 0 Å². The highest BCUT2D eigenvalue weighted by Crippen LogP contribution is 2.32. The Morgan fingerprint density at radius 3 is 2.89 bits per heavy atom. The van der Waals surface area contributed by atoms with Gasteiger partial charge in [0.1, 0.15) is 11.1 Å². The average molecular weight is 187 g/mol. The Hall–Kier alpha value is 0.720. The van der Waals surface area contributed by atoms with Crippen LogP contribution in [-0.2, 0) is 8.54 Å². The summed E-state index contributed by atoms with van der Waals surface area (Å²) in [6, 6.07) is 0. The normalized spacial score (nSPS) is 11.6. The van der Waals surface area contributed by atoms with Gasteiger partial charge in [0, 0.05) is 10.3 Å². The second-order valence-electron chi connectivity index (χ2n) is 1.20. The average Bonchev–Trinajstić information content (AvgIpc) is 1.80. The SMILES string of the molecule is CCCSSO[P+](=O)O. The van der Waals surface area contributed by atoms with E-state index in [0.717, 1.165) is 23.2 Å². The first-order chi connectivity index (χ1) is 4.27. The zero-order valence-corrected chi connectivity index (χ0v) is 7.47. The molecule has 1 N–H and O–H groups in total. The van der Waals surface area contributed by atoms with E-state index >= 15 is 0 Å². The first kappa shape index (κ1) is 9.72. The van der Waals surface area contributed by atoms with Gasteiger partial charge in [-0.25, -0.2) is 0 Å². The molecule has 0 rings (SSSR count). The highest BCUT2D eigenvalue weighted by atomic mass is 33.1. The second-order valence-corrected chi connectivity index (χ2v) is 4.17. The summed E-state index contributed by atoms with van der Waals surface area (Å²) >= 11 is 0.969. The fourth-order valence-electron chi connectivity index (χ4n) is 0.165. The van der Waals surface area contributed by atoms with Crippen LogP contribution in [-0.4, -0.2) is 10.6 Å². The molecule has 54 valence electrons. The van der Waals surface area contributed by atoms with Crippen LogP contribution in [0.3, 0.4) is 0 Å². The van der Waals surface area contributed by atoms with Crippen molar-refractivity contribution in [2.75, 3.05) is 5.75 Å². The molecule has 0 saturated carbocycles. The molecular weight excluding hydrogens is 179 g/mol.